The molecule has 0 unspecified atom stereocenters. The first-order chi connectivity index (χ1) is 10.1. The molecule has 2 heterocycles. The monoisotopic (exact) mass is 304 g/mol. The van der Waals surface area contributed by atoms with Crippen LogP contribution < -0.4 is 0 Å². The van der Waals surface area contributed by atoms with Gasteiger partial charge in [0.2, 0.25) is 5.82 Å². The van der Waals surface area contributed by atoms with Gasteiger partial charge in [-0.05, 0) is 41.6 Å². The number of furan rings is 1. The van der Waals surface area contributed by atoms with Gasteiger partial charge < -0.3 is 9.52 Å². The molecule has 1 N–H and O–H groups in total. The van der Waals surface area contributed by atoms with Crippen molar-refractivity contribution >= 4 is 17.6 Å². The average molecular weight is 305 g/mol. The van der Waals surface area contributed by atoms with Crippen LogP contribution in [0, 0.1) is 0 Å². The summed E-state index contributed by atoms with van der Waals surface area (Å²) in [5.41, 5.74) is 0.864. The third-order valence-corrected chi connectivity index (χ3v) is 2.94. The van der Waals surface area contributed by atoms with Gasteiger partial charge in [-0.25, -0.2) is 0 Å². The minimum absolute atomic E-state index is 0.233. The van der Waals surface area contributed by atoms with Gasteiger partial charge in [-0.15, -0.1) is 10.2 Å². The van der Waals surface area contributed by atoms with E-state index in [-0.39, 0.29) is 12.4 Å². The Balaban J connectivity index is 1.86. The Labute approximate surface area is 123 Å². The van der Waals surface area contributed by atoms with Crippen molar-refractivity contribution in [1.82, 2.24) is 20.2 Å². The van der Waals surface area contributed by atoms with Crippen LogP contribution in [0.25, 0.3) is 22.9 Å². The Morgan fingerprint density at radius 2 is 1.90 bits per heavy atom. The van der Waals surface area contributed by atoms with Gasteiger partial charge in [-0.3, -0.25) is 4.79 Å². The van der Waals surface area contributed by atoms with E-state index in [0.717, 1.165) is 10.4 Å². The molecule has 2 aromatic heterocycles. The summed E-state index contributed by atoms with van der Waals surface area (Å²) in [6, 6.07) is 10.7. The lowest BCUT2D eigenvalue weighted by Crippen LogP contribution is -2.11. The molecule has 8 heteroatoms. The van der Waals surface area contributed by atoms with Gasteiger partial charge in [-0.2, -0.15) is 4.80 Å². The van der Waals surface area contributed by atoms with Crippen LogP contribution in [0.2, 0.25) is 5.02 Å². The highest BCUT2D eigenvalue weighted by Gasteiger charge is 2.13. The highest BCUT2D eigenvalue weighted by Crippen LogP contribution is 2.27. The SMILES string of the molecule is O=C(O)Cn1nnc(-c2ccc(-c3ccc(Cl)cc3)o2)n1. The van der Waals surface area contributed by atoms with Crippen LogP contribution in [0.3, 0.4) is 0 Å². The predicted molar refractivity (Wildman–Crippen MR) is 73.6 cm³/mol. The van der Waals surface area contributed by atoms with Crippen LogP contribution in [-0.4, -0.2) is 31.3 Å². The van der Waals surface area contributed by atoms with Gasteiger partial charge >= 0.3 is 5.97 Å². The number of aliphatic carboxylic acids is 1. The number of hydrogen-bond donors (Lipinski definition) is 1. The number of hydrogen-bond acceptors (Lipinski definition) is 5. The van der Waals surface area contributed by atoms with Crippen molar-refractivity contribution in [3.63, 3.8) is 0 Å². The molecule has 0 aliphatic heterocycles. The minimum Gasteiger partial charge on any atom is -0.480 e. The molecule has 0 radical (unpaired) electrons. The van der Waals surface area contributed by atoms with Gasteiger partial charge in [0.15, 0.2) is 12.3 Å². The third kappa shape index (κ3) is 2.92. The van der Waals surface area contributed by atoms with Crippen molar-refractivity contribution < 1.29 is 14.3 Å². The van der Waals surface area contributed by atoms with Gasteiger partial charge in [0.05, 0.1) is 0 Å². The van der Waals surface area contributed by atoms with Gasteiger partial charge in [0, 0.05) is 10.6 Å². The number of aromatic nitrogens is 4. The number of nitrogens with zero attached hydrogens (tertiary/aromatic N) is 4. The van der Waals surface area contributed by atoms with E-state index in [0.29, 0.717) is 16.5 Å². The molecular formula is C13H9ClN4O3. The maximum absolute atomic E-state index is 10.6. The van der Waals surface area contributed by atoms with Crippen molar-refractivity contribution in [3.8, 4) is 22.9 Å². The lowest BCUT2D eigenvalue weighted by molar-refractivity contribution is -0.138. The zero-order valence-electron chi connectivity index (χ0n) is 10.6. The molecule has 0 spiro atoms. The summed E-state index contributed by atoms with van der Waals surface area (Å²) in [6.07, 6.45) is 0. The molecule has 0 amide bonds. The van der Waals surface area contributed by atoms with Crippen molar-refractivity contribution in [2.45, 2.75) is 6.54 Å². The highest BCUT2D eigenvalue weighted by molar-refractivity contribution is 6.30. The molecular weight excluding hydrogens is 296 g/mol. The summed E-state index contributed by atoms with van der Waals surface area (Å²) in [5.74, 6) is 0.240. The standard InChI is InChI=1S/C13H9ClN4O3/c14-9-3-1-8(2-4-9)10-5-6-11(21-10)13-15-17-18(16-13)7-12(19)20/h1-6H,7H2,(H,19,20). The van der Waals surface area contributed by atoms with E-state index in [1.807, 2.05) is 12.1 Å². The molecule has 0 atom stereocenters. The van der Waals surface area contributed by atoms with E-state index < -0.39 is 5.97 Å². The topological polar surface area (TPSA) is 94.0 Å². The normalized spacial score (nSPS) is 10.7. The largest absolute Gasteiger partial charge is 0.480 e. The maximum atomic E-state index is 10.6. The second kappa shape index (κ2) is 5.37. The summed E-state index contributed by atoms with van der Waals surface area (Å²) in [5, 5.41) is 20.6. The molecule has 0 saturated carbocycles. The number of carboxylic acids is 1. The number of rotatable bonds is 4. The van der Waals surface area contributed by atoms with Crippen LogP contribution in [-0.2, 0) is 11.3 Å². The zero-order chi connectivity index (χ0) is 14.8. The first-order valence-electron chi connectivity index (χ1n) is 5.97. The van der Waals surface area contributed by atoms with Crippen LogP contribution in [0.15, 0.2) is 40.8 Å². The summed E-state index contributed by atoms with van der Waals surface area (Å²) < 4.78 is 5.65. The summed E-state index contributed by atoms with van der Waals surface area (Å²) in [7, 11) is 0. The fourth-order valence-electron chi connectivity index (χ4n) is 1.76. The minimum atomic E-state index is -1.04. The van der Waals surface area contributed by atoms with Crippen LogP contribution in [0.1, 0.15) is 0 Å². The second-order valence-electron chi connectivity index (χ2n) is 4.21. The van der Waals surface area contributed by atoms with Crippen molar-refractivity contribution in [2.75, 3.05) is 0 Å². The van der Waals surface area contributed by atoms with Crippen LogP contribution in [0.4, 0.5) is 0 Å². The molecule has 0 aliphatic carbocycles. The Kier molecular flexibility index (Phi) is 3.41. The summed E-state index contributed by atoms with van der Waals surface area (Å²) in [4.78, 5) is 11.6. The van der Waals surface area contributed by atoms with E-state index in [1.54, 1.807) is 24.3 Å². The van der Waals surface area contributed by atoms with E-state index in [1.165, 1.54) is 0 Å². The lowest BCUT2D eigenvalue weighted by Gasteiger charge is -1.96. The number of carboxylic acid groups (broad SMARTS) is 1. The maximum Gasteiger partial charge on any atom is 0.327 e. The Morgan fingerprint density at radius 1 is 1.19 bits per heavy atom. The fraction of sp³-hybridized carbons (Fsp3) is 0.0769. The lowest BCUT2D eigenvalue weighted by atomic mass is 10.2. The molecule has 0 fully saturated rings. The van der Waals surface area contributed by atoms with E-state index in [4.69, 9.17) is 21.1 Å². The molecule has 3 aromatic rings. The Hall–Kier alpha value is -2.67. The van der Waals surface area contributed by atoms with E-state index in [2.05, 4.69) is 15.4 Å². The molecule has 0 aliphatic rings. The number of carbonyl (C=O) groups is 1. The first-order valence-corrected chi connectivity index (χ1v) is 6.35. The summed E-state index contributed by atoms with van der Waals surface area (Å²) >= 11 is 5.83. The quantitative estimate of drug-likeness (QED) is 0.795. The second-order valence-corrected chi connectivity index (χ2v) is 4.64. The predicted octanol–water partition coefficient (Wildman–Crippen LogP) is 2.34. The molecule has 0 bridgehead atoms. The van der Waals surface area contributed by atoms with Crippen molar-refractivity contribution in [2.24, 2.45) is 0 Å². The van der Waals surface area contributed by atoms with E-state index in [9.17, 15) is 4.79 Å². The molecule has 106 valence electrons. The number of benzene rings is 1. The molecule has 3 rings (SSSR count). The van der Waals surface area contributed by atoms with Crippen LogP contribution >= 0.6 is 11.6 Å². The van der Waals surface area contributed by atoms with Crippen molar-refractivity contribution in [3.05, 3.63) is 41.4 Å². The zero-order valence-corrected chi connectivity index (χ0v) is 11.4. The highest BCUT2D eigenvalue weighted by atomic mass is 35.5. The number of halogens is 1. The van der Waals surface area contributed by atoms with Gasteiger partial charge in [0.1, 0.15) is 5.76 Å². The average Bonchev–Trinajstić information content (AvgIpc) is 3.07. The van der Waals surface area contributed by atoms with E-state index >= 15 is 0 Å². The molecule has 1 aromatic carbocycles. The first kappa shape index (κ1) is 13.3. The Bertz CT molecular complexity index is 779. The van der Waals surface area contributed by atoms with Gasteiger partial charge in [0.25, 0.3) is 0 Å². The molecule has 7 nitrogen and oxygen atoms in total. The Morgan fingerprint density at radius 3 is 2.62 bits per heavy atom. The summed E-state index contributed by atoms with van der Waals surface area (Å²) in [6.45, 7) is -0.349. The molecule has 21 heavy (non-hydrogen) atoms. The van der Waals surface area contributed by atoms with Crippen LogP contribution in [0.5, 0.6) is 0 Å². The molecule has 0 saturated heterocycles. The number of tetrazole rings is 1. The fourth-order valence-corrected chi connectivity index (χ4v) is 1.88. The smallest absolute Gasteiger partial charge is 0.327 e. The third-order valence-electron chi connectivity index (χ3n) is 2.68. The van der Waals surface area contributed by atoms with Gasteiger partial charge in [-0.1, -0.05) is 11.6 Å². The van der Waals surface area contributed by atoms with Crippen molar-refractivity contribution in [1.29, 1.82) is 0 Å².